The molecule has 0 radical (unpaired) electrons. The summed E-state index contributed by atoms with van der Waals surface area (Å²) in [6.07, 6.45) is 2.15. The van der Waals surface area contributed by atoms with Crippen LogP contribution in [0.25, 0.3) is 11.1 Å². The highest BCUT2D eigenvalue weighted by Gasteiger charge is 2.14. The van der Waals surface area contributed by atoms with Gasteiger partial charge in [0.1, 0.15) is 10.8 Å². The number of nitrogens with zero attached hydrogens (tertiary/aromatic N) is 1. The van der Waals surface area contributed by atoms with E-state index in [4.69, 9.17) is 5.11 Å². The zero-order valence-corrected chi connectivity index (χ0v) is 14.4. The summed E-state index contributed by atoms with van der Waals surface area (Å²) in [5.41, 5.74) is 1.92. The molecule has 2 heterocycles. The number of hydrogen-bond acceptors (Lipinski definition) is 4. The molecule has 3 rings (SSSR count). The maximum absolute atomic E-state index is 13.8. The number of aryl methyl sites for hydroxylation is 1. The molecule has 3 aromatic rings. The highest BCUT2D eigenvalue weighted by Crippen LogP contribution is 2.24. The third-order valence-corrected chi connectivity index (χ3v) is 4.60. The van der Waals surface area contributed by atoms with Crippen LogP contribution in [-0.4, -0.2) is 22.0 Å². The van der Waals surface area contributed by atoms with E-state index in [9.17, 15) is 14.0 Å². The fraction of sp³-hybridized carbons (Fsp3) is 0.105. The third kappa shape index (κ3) is 4.12. The van der Waals surface area contributed by atoms with Crippen LogP contribution in [0.3, 0.4) is 0 Å². The lowest BCUT2D eigenvalue weighted by molar-refractivity contribution is -0.116. The van der Waals surface area contributed by atoms with Crippen LogP contribution in [0.4, 0.5) is 9.39 Å². The Morgan fingerprint density at radius 3 is 2.65 bits per heavy atom. The Balaban J connectivity index is 1.60. The van der Waals surface area contributed by atoms with Crippen molar-refractivity contribution in [1.29, 1.82) is 0 Å². The monoisotopic (exact) mass is 370 g/mol. The van der Waals surface area contributed by atoms with Gasteiger partial charge in [-0.1, -0.05) is 24.3 Å². The molecule has 1 aromatic carbocycles. The van der Waals surface area contributed by atoms with Crippen LogP contribution in [0, 0.1) is 5.82 Å². The van der Waals surface area contributed by atoms with Gasteiger partial charge in [-0.2, -0.15) is 0 Å². The SMILES string of the molecule is O=C(CCc1ccc(-c2ccccc2F)cn1)Nc1sccc1C(=O)O. The molecule has 0 aliphatic carbocycles. The Morgan fingerprint density at radius 2 is 1.96 bits per heavy atom. The normalized spacial score (nSPS) is 10.5. The van der Waals surface area contributed by atoms with Gasteiger partial charge in [0.2, 0.25) is 5.91 Å². The van der Waals surface area contributed by atoms with E-state index in [0.717, 1.165) is 11.3 Å². The molecule has 7 heteroatoms. The van der Waals surface area contributed by atoms with Crippen molar-refractivity contribution in [1.82, 2.24) is 4.98 Å². The van der Waals surface area contributed by atoms with E-state index in [1.165, 1.54) is 12.1 Å². The average molecular weight is 370 g/mol. The van der Waals surface area contributed by atoms with Crippen molar-refractivity contribution < 1.29 is 19.1 Å². The van der Waals surface area contributed by atoms with Crippen molar-refractivity contribution in [3.63, 3.8) is 0 Å². The fourth-order valence-electron chi connectivity index (χ4n) is 2.43. The molecule has 26 heavy (non-hydrogen) atoms. The maximum atomic E-state index is 13.8. The molecule has 0 saturated heterocycles. The number of aromatic nitrogens is 1. The fourth-order valence-corrected chi connectivity index (χ4v) is 3.23. The van der Waals surface area contributed by atoms with Gasteiger partial charge >= 0.3 is 5.97 Å². The summed E-state index contributed by atoms with van der Waals surface area (Å²) in [5.74, 6) is -1.67. The number of amides is 1. The number of carbonyl (C=O) groups is 2. The topological polar surface area (TPSA) is 79.3 Å². The number of thiophene rings is 1. The first-order valence-electron chi connectivity index (χ1n) is 7.85. The Hall–Kier alpha value is -3.06. The highest BCUT2D eigenvalue weighted by molar-refractivity contribution is 7.14. The van der Waals surface area contributed by atoms with Crippen LogP contribution in [0.1, 0.15) is 22.5 Å². The van der Waals surface area contributed by atoms with E-state index < -0.39 is 5.97 Å². The molecule has 2 N–H and O–H groups in total. The number of pyridine rings is 1. The largest absolute Gasteiger partial charge is 0.478 e. The molecule has 132 valence electrons. The molecule has 0 aliphatic rings. The van der Waals surface area contributed by atoms with Crippen LogP contribution in [0.15, 0.2) is 54.0 Å². The maximum Gasteiger partial charge on any atom is 0.338 e. The lowest BCUT2D eigenvalue weighted by Crippen LogP contribution is -2.13. The van der Waals surface area contributed by atoms with Crippen LogP contribution in [0.5, 0.6) is 0 Å². The van der Waals surface area contributed by atoms with Gasteiger partial charge in [-0.05, 0) is 30.0 Å². The summed E-state index contributed by atoms with van der Waals surface area (Å²) in [7, 11) is 0. The number of carbonyl (C=O) groups excluding carboxylic acids is 1. The van der Waals surface area contributed by atoms with Gasteiger partial charge in [0.25, 0.3) is 0 Å². The molecule has 0 atom stereocenters. The number of carboxylic acid groups (broad SMARTS) is 1. The molecule has 0 aliphatic heterocycles. The number of carboxylic acids is 1. The van der Waals surface area contributed by atoms with Crippen molar-refractivity contribution in [2.45, 2.75) is 12.8 Å². The smallest absolute Gasteiger partial charge is 0.338 e. The Labute approximate surface area is 153 Å². The standard InChI is InChI=1S/C19H15FN2O3S/c20-16-4-2-1-3-14(16)12-5-6-13(21-11-12)7-8-17(23)22-18-15(19(24)25)9-10-26-18/h1-6,9-11H,7-8H2,(H,22,23)(H,24,25). The van der Waals surface area contributed by atoms with E-state index in [-0.39, 0.29) is 23.7 Å². The van der Waals surface area contributed by atoms with E-state index in [2.05, 4.69) is 10.3 Å². The summed E-state index contributed by atoms with van der Waals surface area (Å²) >= 11 is 1.16. The van der Waals surface area contributed by atoms with Gasteiger partial charge < -0.3 is 10.4 Å². The van der Waals surface area contributed by atoms with Crippen LogP contribution >= 0.6 is 11.3 Å². The van der Waals surface area contributed by atoms with Crippen molar-refractivity contribution >= 4 is 28.2 Å². The number of hydrogen-bond donors (Lipinski definition) is 2. The first-order valence-corrected chi connectivity index (χ1v) is 8.73. The molecule has 0 saturated carbocycles. The van der Waals surface area contributed by atoms with E-state index in [1.54, 1.807) is 41.9 Å². The average Bonchev–Trinajstić information content (AvgIpc) is 3.09. The molecular weight excluding hydrogens is 355 g/mol. The number of rotatable bonds is 6. The molecular formula is C19H15FN2O3S. The van der Waals surface area contributed by atoms with Crippen LogP contribution < -0.4 is 5.32 Å². The molecule has 0 bridgehead atoms. The second-order valence-corrected chi connectivity index (χ2v) is 6.45. The first-order chi connectivity index (χ1) is 12.5. The van der Waals surface area contributed by atoms with Crippen molar-refractivity contribution in [3.05, 3.63) is 71.1 Å². The quantitative estimate of drug-likeness (QED) is 0.681. The van der Waals surface area contributed by atoms with Gasteiger partial charge in [0.05, 0.1) is 5.56 Å². The summed E-state index contributed by atoms with van der Waals surface area (Å²) in [5, 5.41) is 13.6. The first kappa shape index (κ1) is 17.8. The Bertz CT molecular complexity index is 938. The number of aromatic carboxylic acids is 1. The summed E-state index contributed by atoms with van der Waals surface area (Å²) in [4.78, 5) is 27.3. The summed E-state index contributed by atoms with van der Waals surface area (Å²) in [6, 6.07) is 11.4. The Kier molecular flexibility index (Phi) is 5.38. The molecule has 0 spiro atoms. The number of nitrogens with one attached hydrogen (secondary N) is 1. The van der Waals surface area contributed by atoms with Gasteiger partial charge in [0.15, 0.2) is 0 Å². The molecule has 0 fully saturated rings. The van der Waals surface area contributed by atoms with Crippen molar-refractivity contribution in [2.75, 3.05) is 5.32 Å². The number of benzene rings is 1. The minimum atomic E-state index is -1.08. The predicted molar refractivity (Wildman–Crippen MR) is 97.9 cm³/mol. The molecule has 1 amide bonds. The summed E-state index contributed by atoms with van der Waals surface area (Å²) in [6.45, 7) is 0. The second-order valence-electron chi connectivity index (χ2n) is 5.53. The zero-order chi connectivity index (χ0) is 18.5. The van der Waals surface area contributed by atoms with E-state index in [0.29, 0.717) is 28.2 Å². The Morgan fingerprint density at radius 1 is 1.15 bits per heavy atom. The van der Waals surface area contributed by atoms with Crippen LogP contribution in [-0.2, 0) is 11.2 Å². The van der Waals surface area contributed by atoms with Crippen molar-refractivity contribution in [3.8, 4) is 11.1 Å². The minimum absolute atomic E-state index is 0.0794. The lowest BCUT2D eigenvalue weighted by Gasteiger charge is -2.06. The van der Waals surface area contributed by atoms with E-state index >= 15 is 0 Å². The zero-order valence-electron chi connectivity index (χ0n) is 13.6. The van der Waals surface area contributed by atoms with Gasteiger partial charge in [-0.3, -0.25) is 9.78 Å². The van der Waals surface area contributed by atoms with Gasteiger partial charge in [0, 0.05) is 29.4 Å². The molecule has 2 aromatic heterocycles. The minimum Gasteiger partial charge on any atom is -0.478 e. The number of anilines is 1. The lowest BCUT2D eigenvalue weighted by atomic mass is 10.1. The van der Waals surface area contributed by atoms with Gasteiger partial charge in [-0.25, -0.2) is 9.18 Å². The number of halogens is 1. The predicted octanol–water partition coefficient (Wildman–Crippen LogP) is 4.22. The second kappa shape index (κ2) is 7.88. The van der Waals surface area contributed by atoms with Crippen molar-refractivity contribution in [2.24, 2.45) is 0 Å². The molecule has 0 unspecified atom stereocenters. The third-order valence-electron chi connectivity index (χ3n) is 3.77. The highest BCUT2D eigenvalue weighted by atomic mass is 32.1. The van der Waals surface area contributed by atoms with Gasteiger partial charge in [-0.15, -0.1) is 11.3 Å². The van der Waals surface area contributed by atoms with E-state index in [1.807, 2.05) is 0 Å². The molecule has 5 nitrogen and oxygen atoms in total. The van der Waals surface area contributed by atoms with Crippen LogP contribution in [0.2, 0.25) is 0 Å². The summed E-state index contributed by atoms with van der Waals surface area (Å²) < 4.78 is 13.8.